The van der Waals surface area contributed by atoms with E-state index in [9.17, 15) is 29.3 Å². The minimum absolute atomic E-state index is 0.0216. The highest BCUT2D eigenvalue weighted by Crippen LogP contribution is 2.43. The Labute approximate surface area is 334 Å². The SMILES string of the molecule is CC/C=C\C/C=C\C/C=C\C/C=C\C[C@@H](O)[C@H](O)CCCC(=O)O[C@H](COC(=O)CCCCCCCCCCCCCC)COP(=O)(O)OCC[N+](C)(C)C. The first-order valence-electron chi connectivity index (χ1n) is 21.0. The van der Waals surface area contributed by atoms with Gasteiger partial charge in [0.25, 0.3) is 0 Å². The Hall–Kier alpha value is -2.11. The van der Waals surface area contributed by atoms with Crippen LogP contribution >= 0.6 is 7.82 Å². The molecule has 1 unspecified atom stereocenters. The molecule has 0 spiro atoms. The van der Waals surface area contributed by atoms with Gasteiger partial charge in [0.1, 0.15) is 19.8 Å². The molecule has 0 rings (SSSR count). The maximum Gasteiger partial charge on any atom is 0.472 e. The fourth-order valence-electron chi connectivity index (χ4n) is 5.39. The lowest BCUT2D eigenvalue weighted by Gasteiger charge is -2.24. The van der Waals surface area contributed by atoms with Gasteiger partial charge in [0, 0.05) is 12.8 Å². The summed E-state index contributed by atoms with van der Waals surface area (Å²) < 4.78 is 34.0. The molecule has 0 fully saturated rings. The number of phosphoric acid groups is 1. The summed E-state index contributed by atoms with van der Waals surface area (Å²) in [5, 5.41) is 20.8. The Kier molecular flexibility index (Phi) is 33.7. The number of carbonyl (C=O) groups excluding carboxylic acids is 2. The van der Waals surface area contributed by atoms with Gasteiger partial charge in [-0.2, -0.15) is 0 Å². The van der Waals surface area contributed by atoms with Crippen molar-refractivity contribution in [2.45, 2.75) is 167 Å². The van der Waals surface area contributed by atoms with E-state index in [1.165, 1.54) is 51.4 Å². The summed E-state index contributed by atoms with van der Waals surface area (Å²) in [6.07, 6.45) is 31.9. The fourth-order valence-corrected chi connectivity index (χ4v) is 6.14. The van der Waals surface area contributed by atoms with Crippen molar-refractivity contribution >= 4 is 19.8 Å². The highest BCUT2D eigenvalue weighted by Gasteiger charge is 2.27. The van der Waals surface area contributed by atoms with Crippen LogP contribution < -0.4 is 0 Å². The number of carbonyl (C=O) groups is 2. The molecule has 0 radical (unpaired) electrons. The number of nitrogens with zero attached hydrogens (tertiary/aromatic N) is 1. The number of ether oxygens (including phenoxy) is 2. The van der Waals surface area contributed by atoms with Gasteiger partial charge in [-0.3, -0.25) is 18.6 Å². The van der Waals surface area contributed by atoms with Crippen LogP contribution in [-0.2, 0) is 32.7 Å². The first-order chi connectivity index (χ1) is 26.3. The smallest absolute Gasteiger partial charge is 0.462 e. The number of hydrogen-bond donors (Lipinski definition) is 3. The van der Waals surface area contributed by atoms with Crippen molar-refractivity contribution in [2.75, 3.05) is 47.5 Å². The van der Waals surface area contributed by atoms with Gasteiger partial charge >= 0.3 is 19.8 Å². The fraction of sp³-hybridized carbons (Fsp3) is 0.767. The monoisotopic (exact) mass is 801 g/mol. The lowest BCUT2D eigenvalue weighted by atomic mass is 10.0. The number of aliphatic hydroxyl groups excluding tert-OH is 2. The third-order valence-electron chi connectivity index (χ3n) is 8.82. The molecular formula is C43H79NO10P+. The molecule has 0 bridgehead atoms. The molecule has 0 heterocycles. The summed E-state index contributed by atoms with van der Waals surface area (Å²) in [7, 11) is 1.29. The zero-order chi connectivity index (χ0) is 41.0. The van der Waals surface area contributed by atoms with E-state index < -0.39 is 44.7 Å². The quantitative estimate of drug-likeness (QED) is 0.0182. The number of hydrogen-bond acceptors (Lipinski definition) is 9. The van der Waals surface area contributed by atoms with Gasteiger partial charge in [-0.15, -0.1) is 0 Å². The molecule has 4 atom stereocenters. The van der Waals surface area contributed by atoms with Crippen LogP contribution in [0.5, 0.6) is 0 Å². The molecular weight excluding hydrogens is 721 g/mol. The van der Waals surface area contributed by atoms with E-state index in [2.05, 4.69) is 50.3 Å². The van der Waals surface area contributed by atoms with Crippen molar-refractivity contribution in [3.05, 3.63) is 48.6 Å². The lowest BCUT2D eigenvalue weighted by Crippen LogP contribution is -2.37. The summed E-state index contributed by atoms with van der Waals surface area (Å²) in [4.78, 5) is 35.3. The number of allylic oxidation sites excluding steroid dienone is 7. The average molecular weight is 801 g/mol. The standard InChI is InChI=1S/C43H78NO10P/c1-6-8-10-12-14-16-18-20-22-24-26-28-31-40(45)41(46)32-30-34-43(48)54-39(38-53-55(49,50)52-36-35-44(3,4)5)37-51-42(47)33-29-27-25-23-21-19-17-15-13-11-9-7-2/h8,10,14,16,20,22,26,28,39-41,45-46H,6-7,9,11-13,15,17-19,21,23-25,27,29-38H2,1-5H3/p+1/b10-8-,16-14-,22-20-,28-26-/t39-,40-,41-/m1/s1. The van der Waals surface area contributed by atoms with Gasteiger partial charge in [-0.25, -0.2) is 4.57 Å². The molecule has 0 aliphatic rings. The van der Waals surface area contributed by atoms with E-state index in [1.807, 2.05) is 33.3 Å². The van der Waals surface area contributed by atoms with Gasteiger partial charge < -0.3 is 29.1 Å². The molecule has 0 saturated carbocycles. The molecule has 11 nitrogen and oxygen atoms in total. The third kappa shape index (κ3) is 37.2. The van der Waals surface area contributed by atoms with Crippen molar-refractivity contribution in [3.8, 4) is 0 Å². The Morgan fingerprint density at radius 3 is 1.69 bits per heavy atom. The second-order valence-corrected chi connectivity index (χ2v) is 16.8. The normalized spacial score (nSPS) is 15.3. The van der Waals surface area contributed by atoms with E-state index >= 15 is 0 Å². The average Bonchev–Trinajstić information content (AvgIpc) is 3.12. The summed E-state index contributed by atoms with van der Waals surface area (Å²) in [6, 6.07) is 0. The summed E-state index contributed by atoms with van der Waals surface area (Å²) >= 11 is 0. The summed E-state index contributed by atoms with van der Waals surface area (Å²) in [5.74, 6) is -1.09. The lowest BCUT2D eigenvalue weighted by molar-refractivity contribution is -0.870. The molecule has 3 N–H and O–H groups in total. The molecule has 320 valence electrons. The number of likely N-dealkylation sites (N-methyl/N-ethyl adjacent to an activating group) is 1. The van der Waals surface area contributed by atoms with E-state index in [1.54, 1.807) is 0 Å². The molecule has 0 aliphatic heterocycles. The molecule has 0 aliphatic carbocycles. The Morgan fingerprint density at radius 1 is 0.636 bits per heavy atom. The van der Waals surface area contributed by atoms with Crippen LogP contribution in [0.1, 0.15) is 149 Å². The van der Waals surface area contributed by atoms with Crippen molar-refractivity contribution in [1.82, 2.24) is 0 Å². The maximum absolute atomic E-state index is 12.7. The Balaban J connectivity index is 4.66. The zero-order valence-corrected chi connectivity index (χ0v) is 36.0. The number of aliphatic hydroxyl groups is 2. The largest absolute Gasteiger partial charge is 0.472 e. The first kappa shape index (κ1) is 52.9. The third-order valence-corrected chi connectivity index (χ3v) is 9.81. The molecule has 0 aromatic heterocycles. The van der Waals surface area contributed by atoms with Gasteiger partial charge in [0.05, 0.1) is 40.0 Å². The van der Waals surface area contributed by atoms with Crippen molar-refractivity contribution in [3.63, 3.8) is 0 Å². The number of quaternary nitrogens is 1. The first-order valence-corrected chi connectivity index (χ1v) is 22.5. The molecule has 0 aromatic carbocycles. The van der Waals surface area contributed by atoms with Crippen LogP contribution in [0.2, 0.25) is 0 Å². The zero-order valence-electron chi connectivity index (χ0n) is 35.1. The van der Waals surface area contributed by atoms with Crippen LogP contribution in [0.4, 0.5) is 0 Å². The molecule has 0 saturated heterocycles. The molecule has 12 heteroatoms. The van der Waals surface area contributed by atoms with Crippen molar-refractivity contribution in [2.24, 2.45) is 0 Å². The topological polar surface area (TPSA) is 149 Å². The van der Waals surface area contributed by atoms with Crippen LogP contribution in [0.25, 0.3) is 0 Å². The number of unbranched alkanes of at least 4 members (excludes halogenated alkanes) is 11. The minimum atomic E-state index is -4.45. The van der Waals surface area contributed by atoms with Crippen LogP contribution in [-0.4, -0.2) is 97.3 Å². The van der Waals surface area contributed by atoms with Crippen LogP contribution in [0.3, 0.4) is 0 Å². The summed E-state index contributed by atoms with van der Waals surface area (Å²) in [5.41, 5.74) is 0. The van der Waals surface area contributed by atoms with Crippen molar-refractivity contribution in [1.29, 1.82) is 0 Å². The van der Waals surface area contributed by atoms with E-state index in [4.69, 9.17) is 18.5 Å². The number of phosphoric ester groups is 1. The van der Waals surface area contributed by atoms with E-state index in [-0.39, 0.29) is 45.3 Å². The number of esters is 2. The van der Waals surface area contributed by atoms with Gasteiger partial charge in [0.2, 0.25) is 0 Å². The predicted molar refractivity (Wildman–Crippen MR) is 222 cm³/mol. The molecule has 55 heavy (non-hydrogen) atoms. The minimum Gasteiger partial charge on any atom is -0.462 e. The van der Waals surface area contributed by atoms with Gasteiger partial charge in [-0.05, 0) is 51.4 Å². The Bertz CT molecular complexity index is 1120. The molecule has 0 aromatic rings. The second kappa shape index (κ2) is 35.1. The highest BCUT2D eigenvalue weighted by atomic mass is 31.2. The van der Waals surface area contributed by atoms with Crippen LogP contribution in [0.15, 0.2) is 48.6 Å². The highest BCUT2D eigenvalue weighted by molar-refractivity contribution is 7.47. The van der Waals surface area contributed by atoms with E-state index in [0.29, 0.717) is 17.4 Å². The van der Waals surface area contributed by atoms with E-state index in [0.717, 1.165) is 44.9 Å². The molecule has 0 amide bonds. The second-order valence-electron chi connectivity index (χ2n) is 15.3. The van der Waals surface area contributed by atoms with Gasteiger partial charge in [0.15, 0.2) is 6.10 Å². The maximum atomic E-state index is 12.7. The van der Waals surface area contributed by atoms with Gasteiger partial charge in [-0.1, -0.05) is 133 Å². The van der Waals surface area contributed by atoms with Crippen LogP contribution in [0, 0.1) is 0 Å². The summed E-state index contributed by atoms with van der Waals surface area (Å²) in [6.45, 7) is 3.94. The predicted octanol–water partition coefficient (Wildman–Crippen LogP) is 9.46. The Morgan fingerprint density at radius 2 is 1.15 bits per heavy atom. The number of rotatable bonds is 37. The van der Waals surface area contributed by atoms with Crippen molar-refractivity contribution < 1.29 is 52.3 Å².